The number of nitrogens with zero attached hydrogens (tertiary/aromatic N) is 1. The van der Waals surface area contributed by atoms with Gasteiger partial charge < -0.3 is 14.9 Å². The Morgan fingerprint density at radius 3 is 2.94 bits per heavy atom. The molecule has 1 aromatic rings. The second kappa shape index (κ2) is 4.30. The highest BCUT2D eigenvalue weighted by Crippen LogP contribution is 2.09. The number of hydrogen-bond donors (Lipinski definition) is 2. The van der Waals surface area contributed by atoms with Crippen LogP contribution in [0.3, 0.4) is 0 Å². The lowest BCUT2D eigenvalue weighted by molar-refractivity contribution is 0.0685. The molecule has 0 aromatic carbocycles. The van der Waals surface area contributed by atoms with Gasteiger partial charge in [0.2, 0.25) is 0 Å². The molecule has 1 aliphatic rings. The predicted molar refractivity (Wildman–Crippen MR) is 57.0 cm³/mol. The fourth-order valence-electron chi connectivity index (χ4n) is 1.43. The van der Waals surface area contributed by atoms with Gasteiger partial charge in [0.25, 0.3) is 0 Å². The van der Waals surface area contributed by atoms with Gasteiger partial charge in [0.15, 0.2) is 21.3 Å². The molecule has 92 valence electrons. The van der Waals surface area contributed by atoms with Gasteiger partial charge in [0.05, 0.1) is 12.3 Å². The van der Waals surface area contributed by atoms with Crippen molar-refractivity contribution >= 4 is 15.8 Å². The summed E-state index contributed by atoms with van der Waals surface area (Å²) < 4.78 is 27.0. The van der Waals surface area contributed by atoms with Gasteiger partial charge in [-0.2, -0.15) is 0 Å². The molecule has 8 heteroatoms. The maximum Gasteiger partial charge on any atom is 0.358 e. The average Bonchev–Trinajstić information content (AvgIpc) is 2.81. The van der Waals surface area contributed by atoms with Crippen LogP contribution in [0.15, 0.2) is 22.1 Å². The van der Waals surface area contributed by atoms with E-state index in [2.05, 4.69) is 10.5 Å². The van der Waals surface area contributed by atoms with Crippen LogP contribution in [0.5, 0.6) is 0 Å². The lowest BCUT2D eigenvalue weighted by atomic mass is 10.3. The molecule has 0 saturated carbocycles. The number of nitrogens with one attached hydrogen (secondary N) is 1. The second-order valence-corrected chi connectivity index (χ2v) is 5.56. The summed E-state index contributed by atoms with van der Waals surface area (Å²) in [6.45, 7) is 0.227. The Morgan fingerprint density at radius 1 is 1.65 bits per heavy atom. The summed E-state index contributed by atoms with van der Waals surface area (Å²) >= 11 is 0. The SMILES string of the molecule is O=C(O)c1cc(CNC2C=CS(=O)(=O)C2)on1. The van der Waals surface area contributed by atoms with Crippen molar-refractivity contribution in [2.75, 3.05) is 5.75 Å². The monoisotopic (exact) mass is 258 g/mol. The van der Waals surface area contributed by atoms with Crippen LogP contribution in [-0.2, 0) is 16.4 Å². The Hall–Kier alpha value is -1.67. The number of sulfone groups is 1. The fraction of sp³-hybridized carbons (Fsp3) is 0.333. The number of aromatic carboxylic acids is 1. The summed E-state index contributed by atoms with van der Waals surface area (Å²) in [6, 6.07) is 1.01. The summed E-state index contributed by atoms with van der Waals surface area (Å²) in [5.41, 5.74) is -0.170. The minimum Gasteiger partial charge on any atom is -0.476 e. The third-order valence-corrected chi connectivity index (χ3v) is 3.64. The average molecular weight is 258 g/mol. The van der Waals surface area contributed by atoms with E-state index in [1.165, 1.54) is 6.07 Å². The standard InChI is InChI=1S/C9H10N2O5S/c12-9(13)8-3-7(16-11-8)4-10-6-1-2-17(14,15)5-6/h1-3,6,10H,4-5H2,(H,12,13). The first-order valence-electron chi connectivity index (χ1n) is 4.79. The van der Waals surface area contributed by atoms with Gasteiger partial charge in [-0.15, -0.1) is 0 Å². The Bertz CT molecular complexity index is 560. The van der Waals surface area contributed by atoms with Crippen LogP contribution in [0.1, 0.15) is 16.2 Å². The number of carbonyl (C=O) groups is 1. The highest BCUT2D eigenvalue weighted by Gasteiger charge is 2.21. The molecule has 0 bridgehead atoms. The zero-order valence-corrected chi connectivity index (χ0v) is 9.48. The molecule has 0 saturated heterocycles. The molecule has 1 atom stereocenters. The van der Waals surface area contributed by atoms with Crippen LogP contribution in [0.2, 0.25) is 0 Å². The fourth-order valence-corrected chi connectivity index (χ4v) is 2.70. The molecular weight excluding hydrogens is 248 g/mol. The van der Waals surface area contributed by atoms with Crippen molar-refractivity contribution in [3.05, 3.63) is 29.0 Å². The van der Waals surface area contributed by atoms with E-state index in [1.807, 2.05) is 0 Å². The Labute approximate surface area is 97.0 Å². The molecule has 0 aliphatic carbocycles. The van der Waals surface area contributed by atoms with Gasteiger partial charge in [-0.25, -0.2) is 13.2 Å². The van der Waals surface area contributed by atoms with Gasteiger partial charge in [-0.3, -0.25) is 0 Å². The molecule has 2 N–H and O–H groups in total. The number of carboxylic acids is 1. The van der Waals surface area contributed by atoms with Gasteiger partial charge in [0, 0.05) is 17.5 Å². The van der Waals surface area contributed by atoms with E-state index in [0.717, 1.165) is 5.41 Å². The van der Waals surface area contributed by atoms with E-state index in [9.17, 15) is 13.2 Å². The van der Waals surface area contributed by atoms with E-state index < -0.39 is 15.8 Å². The molecule has 1 unspecified atom stereocenters. The van der Waals surface area contributed by atoms with Gasteiger partial charge in [0.1, 0.15) is 0 Å². The maximum atomic E-state index is 11.1. The zero-order chi connectivity index (χ0) is 12.5. The first-order valence-corrected chi connectivity index (χ1v) is 6.51. The van der Waals surface area contributed by atoms with Gasteiger partial charge in [-0.05, 0) is 0 Å². The van der Waals surface area contributed by atoms with Crippen LogP contribution in [-0.4, -0.2) is 36.4 Å². The normalized spacial score (nSPS) is 21.8. The molecule has 17 heavy (non-hydrogen) atoms. The van der Waals surface area contributed by atoms with Crippen LogP contribution in [0.25, 0.3) is 0 Å². The lowest BCUT2D eigenvalue weighted by Crippen LogP contribution is -2.29. The largest absolute Gasteiger partial charge is 0.476 e. The van der Waals surface area contributed by atoms with Crippen molar-refractivity contribution in [1.29, 1.82) is 0 Å². The topological polar surface area (TPSA) is 110 Å². The number of carboxylic acid groups (broad SMARTS) is 1. The maximum absolute atomic E-state index is 11.1. The first-order chi connectivity index (χ1) is 7.96. The van der Waals surface area contributed by atoms with Crippen molar-refractivity contribution in [1.82, 2.24) is 10.5 Å². The van der Waals surface area contributed by atoms with E-state index in [0.29, 0.717) is 5.76 Å². The quantitative estimate of drug-likeness (QED) is 0.767. The summed E-state index contributed by atoms with van der Waals surface area (Å²) in [5, 5.41) is 16.0. The minimum atomic E-state index is -3.09. The first kappa shape index (κ1) is 11.8. The molecular formula is C9H10N2O5S. The molecule has 1 aromatic heterocycles. The zero-order valence-electron chi connectivity index (χ0n) is 8.66. The molecule has 0 spiro atoms. The number of hydrogen-bond acceptors (Lipinski definition) is 6. The van der Waals surface area contributed by atoms with E-state index in [1.54, 1.807) is 6.08 Å². The molecule has 0 fully saturated rings. The summed E-state index contributed by atoms with van der Waals surface area (Å²) in [7, 11) is -3.09. The highest BCUT2D eigenvalue weighted by atomic mass is 32.2. The molecule has 7 nitrogen and oxygen atoms in total. The molecule has 2 heterocycles. The Morgan fingerprint density at radius 2 is 2.41 bits per heavy atom. The predicted octanol–water partition coefficient (Wildman–Crippen LogP) is -0.227. The van der Waals surface area contributed by atoms with Crippen molar-refractivity contribution in [2.45, 2.75) is 12.6 Å². The third kappa shape index (κ3) is 2.92. The summed E-state index contributed by atoms with van der Waals surface area (Å²) in [6.07, 6.45) is 1.55. The van der Waals surface area contributed by atoms with Crippen LogP contribution < -0.4 is 5.32 Å². The number of rotatable bonds is 4. The van der Waals surface area contributed by atoms with Gasteiger partial charge >= 0.3 is 5.97 Å². The molecule has 2 rings (SSSR count). The van der Waals surface area contributed by atoms with E-state index in [4.69, 9.17) is 9.63 Å². The van der Waals surface area contributed by atoms with Crippen molar-refractivity contribution in [3.63, 3.8) is 0 Å². The third-order valence-electron chi connectivity index (χ3n) is 2.25. The van der Waals surface area contributed by atoms with Gasteiger partial charge in [-0.1, -0.05) is 11.2 Å². The second-order valence-electron chi connectivity index (χ2n) is 3.63. The summed E-state index contributed by atoms with van der Waals surface area (Å²) in [4.78, 5) is 10.5. The number of aromatic nitrogens is 1. The Kier molecular flexibility index (Phi) is 2.99. The van der Waals surface area contributed by atoms with Crippen molar-refractivity contribution in [3.8, 4) is 0 Å². The molecule has 0 radical (unpaired) electrons. The van der Waals surface area contributed by atoms with Crippen LogP contribution >= 0.6 is 0 Å². The Balaban J connectivity index is 1.91. The summed E-state index contributed by atoms with van der Waals surface area (Å²) in [5.74, 6) is -0.809. The minimum absolute atomic E-state index is 0.00687. The highest BCUT2D eigenvalue weighted by molar-refractivity contribution is 7.94. The van der Waals surface area contributed by atoms with E-state index >= 15 is 0 Å². The van der Waals surface area contributed by atoms with Crippen molar-refractivity contribution < 1.29 is 22.8 Å². The van der Waals surface area contributed by atoms with Crippen LogP contribution in [0.4, 0.5) is 0 Å². The lowest BCUT2D eigenvalue weighted by Gasteiger charge is -2.06. The molecule has 0 amide bonds. The molecule has 1 aliphatic heterocycles. The smallest absolute Gasteiger partial charge is 0.358 e. The van der Waals surface area contributed by atoms with Crippen molar-refractivity contribution in [2.24, 2.45) is 0 Å². The van der Waals surface area contributed by atoms with Crippen LogP contribution in [0, 0.1) is 0 Å². The van der Waals surface area contributed by atoms with E-state index in [-0.39, 0.29) is 24.0 Å².